The molecule has 1 unspecified atom stereocenters. The second-order valence-corrected chi connectivity index (χ2v) is 10.9. The minimum Gasteiger partial charge on any atom is -0.494 e. The van der Waals surface area contributed by atoms with E-state index in [0.29, 0.717) is 22.9 Å². The highest BCUT2D eigenvalue weighted by Crippen LogP contribution is 2.35. The third-order valence-corrected chi connectivity index (χ3v) is 7.52. The lowest BCUT2D eigenvalue weighted by atomic mass is 9.90. The first-order chi connectivity index (χ1) is 21.5. The van der Waals surface area contributed by atoms with Gasteiger partial charge in [0.05, 0.1) is 10.6 Å². The molecular formula is C31H30F4N4O7. The van der Waals surface area contributed by atoms with Crippen molar-refractivity contribution < 1.29 is 47.0 Å². The number of nitro groups is 1. The highest BCUT2D eigenvalue weighted by molar-refractivity contribution is 5.92. The van der Waals surface area contributed by atoms with Crippen LogP contribution in [-0.2, 0) is 16.1 Å². The van der Waals surface area contributed by atoms with Crippen LogP contribution in [0.4, 0.5) is 28.9 Å². The van der Waals surface area contributed by atoms with Crippen molar-refractivity contribution in [3.8, 4) is 11.6 Å². The average molecular weight is 647 g/mol. The number of anilines is 1. The zero-order valence-electron chi connectivity index (χ0n) is 24.8. The van der Waals surface area contributed by atoms with E-state index in [1.165, 1.54) is 19.3 Å². The van der Waals surface area contributed by atoms with E-state index in [2.05, 4.69) is 15.0 Å². The van der Waals surface area contributed by atoms with Gasteiger partial charge < -0.3 is 30.2 Å². The molecule has 46 heavy (non-hydrogen) atoms. The number of halogens is 4. The number of aliphatic carboxylic acids is 1. The first-order valence-corrected chi connectivity index (χ1v) is 13.9. The van der Waals surface area contributed by atoms with Crippen molar-refractivity contribution in [1.82, 2.24) is 9.88 Å². The molecule has 0 spiro atoms. The molecule has 244 valence electrons. The maximum atomic E-state index is 15.2. The van der Waals surface area contributed by atoms with E-state index >= 15 is 4.39 Å². The predicted molar refractivity (Wildman–Crippen MR) is 159 cm³/mol. The van der Waals surface area contributed by atoms with Gasteiger partial charge in [0.15, 0.2) is 5.88 Å². The molecule has 0 aliphatic heterocycles. The summed E-state index contributed by atoms with van der Waals surface area (Å²) in [5, 5.41) is 34.0. The second kappa shape index (κ2) is 13.3. The number of carbonyl (C=O) groups excluding carboxylic acids is 1. The Morgan fingerprint density at radius 2 is 1.87 bits per heavy atom. The van der Waals surface area contributed by atoms with Gasteiger partial charge in [0.2, 0.25) is 5.91 Å². The fourth-order valence-electron chi connectivity index (χ4n) is 5.20. The number of hydrogen-bond donors (Lipinski definition) is 4. The van der Waals surface area contributed by atoms with Crippen LogP contribution in [0.3, 0.4) is 0 Å². The van der Waals surface area contributed by atoms with Gasteiger partial charge in [-0.2, -0.15) is 0 Å². The molecule has 3 aromatic carbocycles. The van der Waals surface area contributed by atoms with Crippen LogP contribution in [0, 0.1) is 22.9 Å². The zero-order valence-corrected chi connectivity index (χ0v) is 24.8. The third kappa shape index (κ3) is 7.83. The number of ether oxygens (including phenoxy) is 1. The van der Waals surface area contributed by atoms with Gasteiger partial charge in [-0.1, -0.05) is 25.1 Å². The Bertz CT molecular complexity index is 1790. The van der Waals surface area contributed by atoms with Gasteiger partial charge in [-0.3, -0.25) is 19.7 Å². The topological polar surface area (TPSA) is 158 Å². The smallest absolute Gasteiger partial charge is 0.494 e. The van der Waals surface area contributed by atoms with Gasteiger partial charge in [0.25, 0.3) is 5.69 Å². The molecule has 0 aliphatic rings. The molecule has 0 fully saturated rings. The largest absolute Gasteiger partial charge is 0.573 e. The average Bonchev–Trinajstić information content (AvgIpc) is 3.32. The molecule has 2 atom stereocenters. The molecule has 15 heteroatoms. The number of rotatable bonds is 12. The van der Waals surface area contributed by atoms with Crippen LogP contribution in [0.25, 0.3) is 10.8 Å². The number of non-ortho nitro benzene ring substituents is 1. The standard InChI is InChI=1S/C31H30F4N4O7/c1-16(4-9-27(40)41)22-7-5-18(10-17(22)2)28(37-25-13-23-19(12-24(25)32)14-36-29(23)42)30(43)38(3)15-20-11-21(39(44)45)6-8-26(20)46-31(33,34)35/h5-8,10-14,16,28,36-37,42H,4,9,15H2,1-3H3,(H,40,41)/t16-,28?/m0/s1. The summed E-state index contributed by atoms with van der Waals surface area (Å²) in [6, 6.07) is 8.57. The fraction of sp³-hybridized carbons (Fsp3) is 0.290. The summed E-state index contributed by atoms with van der Waals surface area (Å²) in [6.45, 7) is 3.07. The van der Waals surface area contributed by atoms with Gasteiger partial charge in [-0.15, -0.1) is 13.2 Å². The molecule has 1 aromatic heterocycles. The summed E-state index contributed by atoms with van der Waals surface area (Å²) >= 11 is 0. The van der Waals surface area contributed by atoms with E-state index in [9.17, 15) is 38.0 Å². The number of carbonyl (C=O) groups is 2. The maximum Gasteiger partial charge on any atom is 0.573 e. The van der Waals surface area contributed by atoms with Crippen molar-refractivity contribution in [2.45, 2.75) is 51.6 Å². The van der Waals surface area contributed by atoms with E-state index in [1.54, 1.807) is 25.1 Å². The van der Waals surface area contributed by atoms with Crippen LogP contribution in [-0.4, -0.2) is 50.3 Å². The van der Waals surface area contributed by atoms with E-state index in [4.69, 9.17) is 5.11 Å². The first kappa shape index (κ1) is 33.6. The number of carboxylic acids is 1. The van der Waals surface area contributed by atoms with Gasteiger partial charge in [0, 0.05) is 54.7 Å². The highest BCUT2D eigenvalue weighted by Gasteiger charge is 2.33. The summed E-state index contributed by atoms with van der Waals surface area (Å²) < 4.78 is 58.6. The number of nitrogens with one attached hydrogen (secondary N) is 2. The summed E-state index contributed by atoms with van der Waals surface area (Å²) in [4.78, 5) is 39.2. The van der Waals surface area contributed by atoms with Gasteiger partial charge in [-0.05, 0) is 54.2 Å². The number of amides is 1. The van der Waals surface area contributed by atoms with Crippen molar-refractivity contribution in [1.29, 1.82) is 0 Å². The normalized spacial score (nSPS) is 12.8. The number of nitro benzene ring substituents is 1. The number of aromatic nitrogens is 1. The lowest BCUT2D eigenvalue weighted by molar-refractivity contribution is -0.385. The minimum atomic E-state index is -5.11. The van der Waals surface area contributed by atoms with Gasteiger partial charge >= 0.3 is 12.3 Å². The predicted octanol–water partition coefficient (Wildman–Crippen LogP) is 6.91. The van der Waals surface area contributed by atoms with Crippen LogP contribution < -0.4 is 10.1 Å². The molecule has 1 amide bonds. The van der Waals surface area contributed by atoms with Crippen LogP contribution in [0.15, 0.2) is 54.7 Å². The Morgan fingerprint density at radius 1 is 1.15 bits per heavy atom. The van der Waals surface area contributed by atoms with E-state index < -0.39 is 53.0 Å². The molecule has 4 rings (SSSR count). The SMILES string of the molecule is Cc1cc(C(Nc2cc3c(O)[nH]cc3cc2F)C(=O)N(C)Cc2cc([N+](=O)[O-])ccc2OC(F)(F)F)ccc1[C@@H](C)CCC(=O)O. The number of aryl methyl sites for hydroxylation is 1. The Hall–Kier alpha value is -5.34. The van der Waals surface area contributed by atoms with Crippen molar-refractivity contribution >= 4 is 34.0 Å². The van der Waals surface area contributed by atoms with Crippen LogP contribution in [0.5, 0.6) is 11.6 Å². The maximum absolute atomic E-state index is 15.2. The number of carboxylic acid groups (broad SMARTS) is 1. The number of fused-ring (bicyclic) bond motifs is 1. The summed E-state index contributed by atoms with van der Waals surface area (Å²) in [5.74, 6) is -3.57. The quantitative estimate of drug-likeness (QED) is 0.0735. The lowest BCUT2D eigenvalue weighted by Crippen LogP contribution is -2.35. The molecule has 0 saturated heterocycles. The van der Waals surface area contributed by atoms with Crippen LogP contribution >= 0.6 is 0 Å². The summed E-state index contributed by atoms with van der Waals surface area (Å²) in [5.41, 5.74) is 0.875. The van der Waals surface area contributed by atoms with Crippen molar-refractivity contribution in [2.24, 2.45) is 0 Å². The molecule has 0 radical (unpaired) electrons. The fourth-order valence-corrected chi connectivity index (χ4v) is 5.20. The lowest BCUT2D eigenvalue weighted by Gasteiger charge is -2.27. The number of H-pyrrole nitrogens is 1. The Morgan fingerprint density at radius 3 is 2.50 bits per heavy atom. The number of aromatic hydroxyl groups is 1. The minimum absolute atomic E-state index is 0.0543. The number of aromatic amines is 1. The molecular weight excluding hydrogens is 616 g/mol. The zero-order chi connectivity index (χ0) is 33.9. The second-order valence-electron chi connectivity index (χ2n) is 10.9. The van der Waals surface area contributed by atoms with Crippen molar-refractivity contribution in [3.05, 3.63) is 92.9 Å². The van der Waals surface area contributed by atoms with Crippen molar-refractivity contribution in [2.75, 3.05) is 12.4 Å². The van der Waals surface area contributed by atoms with Crippen molar-refractivity contribution in [3.63, 3.8) is 0 Å². The number of nitrogens with zero attached hydrogens (tertiary/aromatic N) is 2. The molecule has 1 heterocycles. The van der Waals surface area contributed by atoms with Gasteiger partial charge in [0.1, 0.15) is 17.6 Å². The third-order valence-electron chi connectivity index (χ3n) is 7.52. The van der Waals surface area contributed by atoms with Crippen LogP contribution in [0.1, 0.15) is 54.0 Å². The molecule has 4 aromatic rings. The molecule has 0 saturated carbocycles. The Labute approximate surface area is 259 Å². The summed E-state index contributed by atoms with van der Waals surface area (Å²) in [6.07, 6.45) is -3.42. The van der Waals surface area contributed by atoms with Gasteiger partial charge in [-0.25, -0.2) is 4.39 Å². The van der Waals surface area contributed by atoms with Crippen LogP contribution in [0.2, 0.25) is 0 Å². The Kier molecular flexibility index (Phi) is 9.73. The molecule has 11 nitrogen and oxygen atoms in total. The number of hydrogen-bond acceptors (Lipinski definition) is 7. The highest BCUT2D eigenvalue weighted by atomic mass is 19.4. The molecule has 0 bridgehead atoms. The van der Waals surface area contributed by atoms with E-state index in [1.807, 2.05) is 6.92 Å². The number of likely N-dealkylation sites (N-methyl/N-ethyl adjacent to an activating group) is 1. The molecule has 0 aliphatic carbocycles. The first-order valence-electron chi connectivity index (χ1n) is 13.9. The number of alkyl halides is 3. The monoisotopic (exact) mass is 646 g/mol. The molecule has 4 N–H and O–H groups in total. The number of benzene rings is 3. The van der Waals surface area contributed by atoms with E-state index in [-0.39, 0.29) is 34.9 Å². The Balaban J connectivity index is 1.73. The summed E-state index contributed by atoms with van der Waals surface area (Å²) in [7, 11) is 1.26. The van der Waals surface area contributed by atoms with E-state index in [0.717, 1.165) is 34.7 Å².